The first-order chi connectivity index (χ1) is 12.7. The second kappa shape index (κ2) is 7.50. The minimum Gasteiger partial charge on any atom is -0.484 e. The number of para-hydroxylation sites is 1. The van der Waals surface area contributed by atoms with E-state index in [1.807, 2.05) is 37.3 Å². The Kier molecular flexibility index (Phi) is 5.30. The second-order valence-corrected chi connectivity index (χ2v) is 6.78. The maximum Gasteiger partial charge on any atom is 0.422 e. The summed E-state index contributed by atoms with van der Waals surface area (Å²) in [5, 5.41) is 0. The first kappa shape index (κ1) is 19.1. The van der Waals surface area contributed by atoms with Crippen molar-refractivity contribution in [1.82, 2.24) is 0 Å². The van der Waals surface area contributed by atoms with E-state index in [0.717, 1.165) is 16.8 Å². The molecule has 1 heterocycles. The van der Waals surface area contributed by atoms with E-state index in [0.29, 0.717) is 13.0 Å². The summed E-state index contributed by atoms with van der Waals surface area (Å²) < 4.78 is 41.9. The van der Waals surface area contributed by atoms with E-state index in [1.165, 1.54) is 6.07 Å². The van der Waals surface area contributed by atoms with Crippen LogP contribution in [-0.4, -0.2) is 24.7 Å². The first-order valence-electron chi connectivity index (χ1n) is 8.68. The molecule has 0 fully saturated rings. The van der Waals surface area contributed by atoms with Crippen molar-refractivity contribution in [2.24, 2.45) is 5.73 Å². The van der Waals surface area contributed by atoms with Gasteiger partial charge in [-0.05, 0) is 42.7 Å². The van der Waals surface area contributed by atoms with Gasteiger partial charge in [0.25, 0.3) is 0 Å². The molecule has 0 spiro atoms. The zero-order chi connectivity index (χ0) is 19.6. The number of benzene rings is 2. The molecule has 0 aromatic heterocycles. The van der Waals surface area contributed by atoms with Crippen molar-refractivity contribution in [1.29, 1.82) is 0 Å². The molecule has 1 amide bonds. The summed E-state index contributed by atoms with van der Waals surface area (Å²) in [5.41, 5.74) is 8.19. The highest BCUT2D eigenvalue weighted by Gasteiger charge is 2.33. The van der Waals surface area contributed by atoms with Crippen LogP contribution in [0, 0.1) is 0 Å². The molecule has 7 heteroatoms. The van der Waals surface area contributed by atoms with Gasteiger partial charge in [-0.1, -0.05) is 30.3 Å². The number of anilines is 1. The lowest BCUT2D eigenvalue weighted by Crippen LogP contribution is -2.41. The zero-order valence-electron chi connectivity index (χ0n) is 14.9. The summed E-state index contributed by atoms with van der Waals surface area (Å²) in [7, 11) is 0. The number of ether oxygens (including phenoxy) is 1. The van der Waals surface area contributed by atoms with Gasteiger partial charge in [-0.25, -0.2) is 0 Å². The summed E-state index contributed by atoms with van der Waals surface area (Å²) in [4.78, 5) is 14.0. The van der Waals surface area contributed by atoms with Crippen molar-refractivity contribution in [3.05, 3.63) is 59.7 Å². The fourth-order valence-corrected chi connectivity index (χ4v) is 3.48. The number of carbonyl (C=O) groups is 1. The van der Waals surface area contributed by atoms with Crippen LogP contribution < -0.4 is 15.4 Å². The number of nitrogens with zero attached hydrogens (tertiary/aromatic N) is 1. The summed E-state index contributed by atoms with van der Waals surface area (Å²) in [5.74, 6) is -0.511. The van der Waals surface area contributed by atoms with Gasteiger partial charge in [0.1, 0.15) is 5.75 Å². The van der Waals surface area contributed by atoms with E-state index in [9.17, 15) is 18.0 Å². The van der Waals surface area contributed by atoms with Crippen molar-refractivity contribution in [3.63, 3.8) is 0 Å². The Morgan fingerprint density at radius 1 is 1.22 bits per heavy atom. The van der Waals surface area contributed by atoms with Gasteiger partial charge in [-0.15, -0.1) is 0 Å². The van der Waals surface area contributed by atoms with E-state index in [4.69, 9.17) is 10.5 Å². The average Bonchev–Trinajstić information content (AvgIpc) is 2.62. The quantitative estimate of drug-likeness (QED) is 0.856. The van der Waals surface area contributed by atoms with Crippen LogP contribution in [0.25, 0.3) is 0 Å². The van der Waals surface area contributed by atoms with Gasteiger partial charge in [0.05, 0.1) is 5.92 Å². The number of carbonyl (C=O) groups excluding carboxylic acids is 1. The third-order valence-corrected chi connectivity index (χ3v) is 4.73. The minimum absolute atomic E-state index is 0.0529. The van der Waals surface area contributed by atoms with E-state index in [-0.39, 0.29) is 23.6 Å². The molecule has 2 atom stereocenters. The molecule has 0 saturated carbocycles. The number of hydrogen-bond acceptors (Lipinski definition) is 3. The van der Waals surface area contributed by atoms with Crippen molar-refractivity contribution in [3.8, 4) is 5.75 Å². The molecule has 2 aromatic carbocycles. The lowest BCUT2D eigenvalue weighted by atomic mass is 9.85. The van der Waals surface area contributed by atoms with Gasteiger partial charge in [0.2, 0.25) is 5.91 Å². The van der Waals surface area contributed by atoms with Crippen LogP contribution in [0.1, 0.15) is 30.4 Å². The molecule has 0 radical (unpaired) electrons. The molecule has 144 valence electrons. The number of rotatable bonds is 5. The Morgan fingerprint density at radius 2 is 1.96 bits per heavy atom. The first-order valence-corrected chi connectivity index (χ1v) is 8.68. The van der Waals surface area contributed by atoms with Crippen molar-refractivity contribution in [2.75, 3.05) is 11.5 Å². The summed E-state index contributed by atoms with van der Waals surface area (Å²) >= 11 is 0. The Labute approximate surface area is 155 Å². The molecule has 1 aliphatic heterocycles. The third-order valence-electron chi connectivity index (χ3n) is 4.73. The molecule has 1 aliphatic rings. The number of alkyl halides is 3. The number of amides is 1. The van der Waals surface area contributed by atoms with Crippen LogP contribution in [0.5, 0.6) is 5.75 Å². The second-order valence-electron chi connectivity index (χ2n) is 6.78. The maximum absolute atomic E-state index is 12.4. The molecule has 3 rings (SSSR count). The fourth-order valence-electron chi connectivity index (χ4n) is 3.48. The van der Waals surface area contributed by atoms with Gasteiger partial charge < -0.3 is 15.4 Å². The summed E-state index contributed by atoms with van der Waals surface area (Å²) in [6.45, 7) is 1.18. The molecule has 0 bridgehead atoms. The molecule has 0 unspecified atom stereocenters. The van der Waals surface area contributed by atoms with Gasteiger partial charge in [0, 0.05) is 18.3 Å². The van der Waals surface area contributed by atoms with E-state index >= 15 is 0 Å². The number of fused-ring (bicyclic) bond motifs is 1. The molecule has 0 aliphatic carbocycles. The molecule has 0 saturated heterocycles. The molecule has 2 aromatic rings. The van der Waals surface area contributed by atoms with Crippen LogP contribution in [-0.2, 0) is 11.3 Å². The largest absolute Gasteiger partial charge is 0.484 e. The van der Waals surface area contributed by atoms with Crippen molar-refractivity contribution in [2.45, 2.75) is 38.0 Å². The highest BCUT2D eigenvalue weighted by molar-refractivity contribution is 5.85. The highest BCUT2D eigenvalue weighted by Crippen LogP contribution is 2.39. The van der Waals surface area contributed by atoms with Crippen LogP contribution in [0.4, 0.5) is 18.9 Å². The minimum atomic E-state index is -4.37. The molecule has 2 N–H and O–H groups in total. The van der Waals surface area contributed by atoms with Gasteiger partial charge >= 0.3 is 6.18 Å². The predicted molar refractivity (Wildman–Crippen MR) is 96.6 cm³/mol. The smallest absolute Gasteiger partial charge is 0.422 e. The fraction of sp³-hybridized carbons (Fsp3) is 0.350. The van der Waals surface area contributed by atoms with E-state index < -0.39 is 12.8 Å². The highest BCUT2D eigenvalue weighted by atomic mass is 19.4. The number of nitrogens with two attached hydrogens (primary N) is 1. The zero-order valence-corrected chi connectivity index (χ0v) is 14.9. The maximum atomic E-state index is 12.4. The van der Waals surface area contributed by atoms with Gasteiger partial charge in [-0.3, -0.25) is 4.79 Å². The van der Waals surface area contributed by atoms with Gasteiger partial charge in [0.15, 0.2) is 6.61 Å². The lowest BCUT2D eigenvalue weighted by Gasteiger charge is -2.40. The van der Waals surface area contributed by atoms with E-state index in [1.54, 1.807) is 12.1 Å². The van der Waals surface area contributed by atoms with Crippen molar-refractivity contribution < 1.29 is 22.7 Å². The number of hydrogen-bond donors (Lipinski definition) is 1. The van der Waals surface area contributed by atoms with Crippen LogP contribution >= 0.6 is 0 Å². The Balaban J connectivity index is 1.83. The van der Waals surface area contributed by atoms with Gasteiger partial charge in [-0.2, -0.15) is 13.2 Å². The standard InChI is InChI=1S/C20H21F3N2O2/c1-13-9-17(19(24)26)16-7-2-3-8-18(16)25(13)11-14-5-4-6-15(10-14)27-12-20(21,22)23/h2-8,10,13,17H,9,11-12H2,1H3,(H2,24,26)/t13-,17-/m1/s1. The van der Waals surface area contributed by atoms with Crippen LogP contribution in [0.3, 0.4) is 0 Å². The van der Waals surface area contributed by atoms with Crippen LogP contribution in [0.2, 0.25) is 0 Å². The normalized spacial score (nSPS) is 19.5. The Hall–Kier alpha value is -2.70. The monoisotopic (exact) mass is 378 g/mol. The Bertz CT molecular complexity index is 823. The number of halogens is 3. The SMILES string of the molecule is C[C@@H]1C[C@@H](C(N)=O)c2ccccc2N1Cc1cccc(OCC(F)(F)F)c1. The number of primary amides is 1. The summed E-state index contributed by atoms with van der Waals surface area (Å²) in [6.07, 6.45) is -3.78. The molecular weight excluding hydrogens is 357 g/mol. The topological polar surface area (TPSA) is 55.6 Å². The third kappa shape index (κ3) is 4.53. The van der Waals surface area contributed by atoms with E-state index in [2.05, 4.69) is 4.90 Å². The molecule has 4 nitrogen and oxygen atoms in total. The molecule has 27 heavy (non-hydrogen) atoms. The lowest BCUT2D eigenvalue weighted by molar-refractivity contribution is -0.153. The van der Waals surface area contributed by atoms with Crippen LogP contribution in [0.15, 0.2) is 48.5 Å². The average molecular weight is 378 g/mol. The summed E-state index contributed by atoms with van der Waals surface area (Å²) in [6, 6.07) is 14.3. The predicted octanol–water partition coefficient (Wildman–Crippen LogP) is 4.00. The van der Waals surface area contributed by atoms with Crippen molar-refractivity contribution >= 4 is 11.6 Å². The Morgan fingerprint density at radius 3 is 2.67 bits per heavy atom. The molecular formula is C20H21F3N2O2.